The van der Waals surface area contributed by atoms with Crippen LogP contribution in [0.3, 0.4) is 0 Å². The monoisotopic (exact) mass is 304 g/mol. The van der Waals surface area contributed by atoms with Crippen molar-refractivity contribution in [2.75, 3.05) is 4.90 Å². The molecule has 2 aromatic carbocycles. The van der Waals surface area contributed by atoms with Crippen molar-refractivity contribution in [3.63, 3.8) is 0 Å². The van der Waals surface area contributed by atoms with Gasteiger partial charge in [0.1, 0.15) is 0 Å². The van der Waals surface area contributed by atoms with E-state index < -0.39 is 0 Å². The molecule has 3 nitrogen and oxygen atoms in total. The molecule has 0 fully saturated rings. The molecule has 0 aliphatic carbocycles. The highest BCUT2D eigenvalue weighted by Crippen LogP contribution is 2.33. The number of carbonyl (C=O) groups is 1. The molecular weight excluding hydrogens is 284 g/mol. The molecule has 1 unspecified atom stereocenters. The predicted octanol–water partition coefficient (Wildman–Crippen LogP) is 4.00. The molecule has 1 aliphatic heterocycles. The number of anilines is 1. The Morgan fingerprint density at radius 3 is 2.78 bits per heavy atom. The molecule has 116 valence electrons. The summed E-state index contributed by atoms with van der Waals surface area (Å²) in [7, 11) is 0. The SMILES string of the molecule is Cc1[nH]c2ccccc2c1CC(=O)N1c2ccccc2CC1C. The zero-order valence-corrected chi connectivity index (χ0v) is 13.5. The van der Waals surface area contributed by atoms with Gasteiger partial charge in [-0.2, -0.15) is 0 Å². The van der Waals surface area contributed by atoms with E-state index in [0.717, 1.165) is 34.3 Å². The Labute approximate surface area is 135 Å². The van der Waals surface area contributed by atoms with Gasteiger partial charge in [-0.05, 0) is 43.5 Å². The number of fused-ring (bicyclic) bond motifs is 2. The standard InChI is InChI=1S/C20H20N2O/c1-13-11-15-7-3-6-10-19(15)22(13)20(23)12-17-14(2)21-18-9-5-4-8-16(17)18/h3-10,13,21H,11-12H2,1-2H3. The molecule has 4 rings (SSSR count). The minimum atomic E-state index is 0.176. The van der Waals surface area contributed by atoms with Gasteiger partial charge in [-0.3, -0.25) is 4.79 Å². The van der Waals surface area contributed by atoms with Gasteiger partial charge in [0.15, 0.2) is 0 Å². The van der Waals surface area contributed by atoms with E-state index in [9.17, 15) is 4.79 Å². The van der Waals surface area contributed by atoms with E-state index in [1.54, 1.807) is 0 Å². The number of para-hydroxylation sites is 2. The number of nitrogens with zero attached hydrogens (tertiary/aromatic N) is 1. The van der Waals surface area contributed by atoms with Gasteiger partial charge < -0.3 is 9.88 Å². The molecule has 1 N–H and O–H groups in total. The first-order chi connectivity index (χ1) is 11.1. The van der Waals surface area contributed by atoms with Crippen molar-refractivity contribution < 1.29 is 4.79 Å². The second kappa shape index (κ2) is 5.27. The van der Waals surface area contributed by atoms with Crippen LogP contribution in [-0.4, -0.2) is 16.9 Å². The lowest BCUT2D eigenvalue weighted by Gasteiger charge is -2.23. The van der Waals surface area contributed by atoms with Crippen molar-refractivity contribution in [3.05, 3.63) is 65.4 Å². The summed E-state index contributed by atoms with van der Waals surface area (Å²) in [6.45, 7) is 4.17. The highest BCUT2D eigenvalue weighted by molar-refractivity contribution is 6.00. The molecule has 0 bridgehead atoms. The van der Waals surface area contributed by atoms with Gasteiger partial charge in [-0.25, -0.2) is 0 Å². The summed E-state index contributed by atoms with van der Waals surface area (Å²) in [4.78, 5) is 18.3. The molecule has 1 aliphatic rings. The predicted molar refractivity (Wildman–Crippen MR) is 93.8 cm³/mol. The number of hydrogen-bond acceptors (Lipinski definition) is 1. The first-order valence-corrected chi connectivity index (χ1v) is 8.11. The van der Waals surface area contributed by atoms with Crippen LogP contribution in [0.4, 0.5) is 5.69 Å². The highest BCUT2D eigenvalue weighted by atomic mass is 16.2. The number of H-pyrrole nitrogens is 1. The second-order valence-electron chi connectivity index (χ2n) is 6.40. The first kappa shape index (κ1) is 14.1. The molecule has 3 aromatic rings. The molecular formula is C20H20N2O. The number of hydrogen-bond donors (Lipinski definition) is 1. The summed E-state index contributed by atoms with van der Waals surface area (Å²) in [5, 5.41) is 1.15. The summed E-state index contributed by atoms with van der Waals surface area (Å²) >= 11 is 0. The number of aromatic amines is 1. The maximum Gasteiger partial charge on any atom is 0.231 e. The van der Waals surface area contributed by atoms with Crippen LogP contribution in [0.1, 0.15) is 23.7 Å². The lowest BCUT2D eigenvalue weighted by molar-refractivity contribution is -0.118. The van der Waals surface area contributed by atoms with Crippen molar-refractivity contribution >= 4 is 22.5 Å². The quantitative estimate of drug-likeness (QED) is 0.763. The molecule has 2 heterocycles. The van der Waals surface area contributed by atoms with Crippen LogP contribution >= 0.6 is 0 Å². The largest absolute Gasteiger partial charge is 0.358 e. The first-order valence-electron chi connectivity index (χ1n) is 8.11. The van der Waals surface area contributed by atoms with E-state index in [4.69, 9.17) is 0 Å². The van der Waals surface area contributed by atoms with Crippen molar-refractivity contribution in [2.24, 2.45) is 0 Å². The van der Waals surface area contributed by atoms with Gasteiger partial charge in [0.25, 0.3) is 0 Å². The number of aryl methyl sites for hydroxylation is 1. The maximum atomic E-state index is 13.0. The van der Waals surface area contributed by atoms with Gasteiger partial charge in [-0.15, -0.1) is 0 Å². The zero-order valence-electron chi connectivity index (χ0n) is 13.5. The Morgan fingerprint density at radius 2 is 1.91 bits per heavy atom. The maximum absolute atomic E-state index is 13.0. The number of benzene rings is 2. The van der Waals surface area contributed by atoms with Gasteiger partial charge in [-0.1, -0.05) is 36.4 Å². The van der Waals surface area contributed by atoms with Crippen LogP contribution in [0.5, 0.6) is 0 Å². The third-order valence-electron chi connectivity index (χ3n) is 4.83. The molecule has 3 heteroatoms. The molecule has 0 saturated carbocycles. The zero-order chi connectivity index (χ0) is 16.0. The van der Waals surface area contributed by atoms with Crippen molar-refractivity contribution in [2.45, 2.75) is 32.7 Å². The van der Waals surface area contributed by atoms with Crippen molar-refractivity contribution in [1.29, 1.82) is 0 Å². The van der Waals surface area contributed by atoms with Crippen LogP contribution < -0.4 is 4.90 Å². The summed E-state index contributed by atoms with van der Waals surface area (Å²) in [6, 6.07) is 16.6. The number of nitrogens with one attached hydrogen (secondary N) is 1. The molecule has 0 saturated heterocycles. The summed E-state index contributed by atoms with van der Waals surface area (Å²) in [5.74, 6) is 0.176. The normalized spacial score (nSPS) is 16.8. The Bertz CT molecular complexity index is 894. The summed E-state index contributed by atoms with van der Waals surface area (Å²) < 4.78 is 0. The van der Waals surface area contributed by atoms with Crippen molar-refractivity contribution in [3.8, 4) is 0 Å². The van der Waals surface area contributed by atoms with Gasteiger partial charge in [0.2, 0.25) is 5.91 Å². The fraction of sp³-hybridized carbons (Fsp3) is 0.250. The third-order valence-corrected chi connectivity index (χ3v) is 4.83. The topological polar surface area (TPSA) is 36.1 Å². The van der Waals surface area contributed by atoms with E-state index in [1.807, 2.05) is 36.1 Å². The van der Waals surface area contributed by atoms with E-state index in [0.29, 0.717) is 6.42 Å². The van der Waals surface area contributed by atoms with Crippen LogP contribution in [0.25, 0.3) is 10.9 Å². The summed E-state index contributed by atoms with van der Waals surface area (Å²) in [5.41, 5.74) is 5.64. The van der Waals surface area contributed by atoms with Crippen LogP contribution in [-0.2, 0) is 17.6 Å². The number of carbonyl (C=O) groups excluding carboxylic acids is 1. The molecule has 1 atom stereocenters. The van der Waals surface area contributed by atoms with Crippen LogP contribution in [0, 0.1) is 6.92 Å². The van der Waals surface area contributed by atoms with E-state index in [-0.39, 0.29) is 11.9 Å². The Morgan fingerprint density at radius 1 is 1.17 bits per heavy atom. The van der Waals surface area contributed by atoms with Gasteiger partial charge in [0.05, 0.1) is 6.42 Å². The van der Waals surface area contributed by atoms with E-state index in [1.165, 1.54) is 5.56 Å². The Kier molecular flexibility index (Phi) is 3.22. The fourth-order valence-electron chi connectivity index (χ4n) is 3.74. The average molecular weight is 304 g/mol. The Balaban J connectivity index is 1.69. The van der Waals surface area contributed by atoms with Gasteiger partial charge in [0, 0.05) is 28.3 Å². The van der Waals surface area contributed by atoms with Gasteiger partial charge >= 0.3 is 0 Å². The fourth-order valence-corrected chi connectivity index (χ4v) is 3.74. The smallest absolute Gasteiger partial charge is 0.231 e. The summed E-state index contributed by atoms with van der Waals surface area (Å²) in [6.07, 6.45) is 1.38. The number of rotatable bonds is 2. The number of amides is 1. The third kappa shape index (κ3) is 2.24. The molecule has 1 aromatic heterocycles. The van der Waals surface area contributed by atoms with Crippen molar-refractivity contribution in [1.82, 2.24) is 4.98 Å². The Hall–Kier alpha value is -2.55. The second-order valence-corrected chi connectivity index (χ2v) is 6.40. The molecule has 1 amide bonds. The van der Waals surface area contributed by atoms with Crippen LogP contribution in [0.2, 0.25) is 0 Å². The molecule has 0 radical (unpaired) electrons. The molecule has 23 heavy (non-hydrogen) atoms. The lowest BCUT2D eigenvalue weighted by Crippen LogP contribution is -2.36. The molecule has 0 spiro atoms. The minimum absolute atomic E-state index is 0.176. The minimum Gasteiger partial charge on any atom is -0.358 e. The van der Waals surface area contributed by atoms with E-state index in [2.05, 4.69) is 36.2 Å². The average Bonchev–Trinajstić information content (AvgIpc) is 3.04. The van der Waals surface area contributed by atoms with E-state index >= 15 is 0 Å². The van der Waals surface area contributed by atoms with Crippen LogP contribution in [0.15, 0.2) is 48.5 Å². The lowest BCUT2D eigenvalue weighted by atomic mass is 10.1. The highest BCUT2D eigenvalue weighted by Gasteiger charge is 2.30. The number of aromatic nitrogens is 1.